The number of rotatable bonds is 15. The fourth-order valence-corrected chi connectivity index (χ4v) is 3.05. The largest absolute Gasteiger partial charge is 0.494 e. The molecule has 184 valence electrons. The first-order chi connectivity index (χ1) is 15.6. The first-order valence-electron chi connectivity index (χ1n) is 11.6. The van der Waals surface area contributed by atoms with Gasteiger partial charge in [-0.1, -0.05) is 39.5 Å². The first kappa shape index (κ1) is 28.5. The van der Waals surface area contributed by atoms with Crippen LogP contribution in [-0.4, -0.2) is 37.9 Å². The number of ketones is 2. The standard InChI is InChI=1S/C26H36N2O4.Ni/c1-3-5-7-15-31-23-9-11-25(29)21(17-23)19-27-13-14-28-20-22-18-24(10-12-26(22)30)32-16-8-6-4-2;/h9-12,17-20,27-28H,3-8,13-16H2,1-2H3;. The van der Waals surface area contributed by atoms with Gasteiger partial charge < -0.3 is 20.1 Å². The molecule has 0 amide bonds. The van der Waals surface area contributed by atoms with Crippen molar-refractivity contribution in [2.24, 2.45) is 0 Å². The first-order valence-corrected chi connectivity index (χ1v) is 11.6. The van der Waals surface area contributed by atoms with Crippen molar-refractivity contribution in [1.82, 2.24) is 10.6 Å². The van der Waals surface area contributed by atoms with Crippen molar-refractivity contribution in [3.05, 3.63) is 71.5 Å². The number of hydrogen-bond acceptors (Lipinski definition) is 6. The fraction of sp³-hybridized carbons (Fsp3) is 0.462. The zero-order valence-electron chi connectivity index (χ0n) is 19.6. The summed E-state index contributed by atoms with van der Waals surface area (Å²) >= 11 is 0. The van der Waals surface area contributed by atoms with Gasteiger partial charge >= 0.3 is 0 Å². The zero-order valence-corrected chi connectivity index (χ0v) is 20.6. The van der Waals surface area contributed by atoms with E-state index in [1.54, 1.807) is 36.7 Å². The Balaban J connectivity index is 0.00000544. The molecule has 0 heterocycles. The summed E-state index contributed by atoms with van der Waals surface area (Å²) < 4.78 is 11.4. The summed E-state index contributed by atoms with van der Waals surface area (Å²) in [5, 5.41) is 6.26. The van der Waals surface area contributed by atoms with E-state index < -0.39 is 0 Å². The molecule has 0 fully saturated rings. The Morgan fingerprint density at radius 1 is 0.697 bits per heavy atom. The number of unbranched alkanes of at least 4 members (excludes halogenated alkanes) is 4. The van der Waals surface area contributed by atoms with Gasteiger partial charge in [0.25, 0.3) is 0 Å². The Morgan fingerprint density at radius 3 is 1.52 bits per heavy atom. The molecule has 0 saturated heterocycles. The summed E-state index contributed by atoms with van der Waals surface area (Å²) in [7, 11) is 0. The van der Waals surface area contributed by atoms with E-state index in [1.807, 2.05) is 0 Å². The molecular formula is C26H36N2NiO4. The Kier molecular flexibility index (Phi) is 14.7. The molecule has 0 unspecified atom stereocenters. The predicted octanol–water partition coefficient (Wildman–Crippen LogP) is 4.39. The van der Waals surface area contributed by atoms with Crippen molar-refractivity contribution >= 4 is 11.6 Å². The third-order valence-electron chi connectivity index (χ3n) is 4.92. The van der Waals surface area contributed by atoms with Crippen molar-refractivity contribution < 1.29 is 35.6 Å². The minimum absolute atomic E-state index is 0. The molecule has 7 heteroatoms. The monoisotopic (exact) mass is 498 g/mol. The molecule has 0 saturated carbocycles. The molecule has 0 aromatic rings. The molecule has 6 nitrogen and oxygen atoms in total. The van der Waals surface area contributed by atoms with Crippen LogP contribution in [0.25, 0.3) is 0 Å². The number of nitrogens with one attached hydrogen (secondary N) is 2. The minimum atomic E-state index is -0.0512. The molecule has 2 aliphatic rings. The van der Waals surface area contributed by atoms with Crippen LogP contribution < -0.4 is 10.6 Å². The van der Waals surface area contributed by atoms with E-state index >= 15 is 0 Å². The van der Waals surface area contributed by atoms with Gasteiger partial charge in [-0.15, -0.1) is 0 Å². The topological polar surface area (TPSA) is 76.7 Å². The minimum Gasteiger partial charge on any atom is -0.494 e. The molecular weight excluding hydrogens is 463 g/mol. The molecule has 0 aromatic carbocycles. The molecule has 2 aliphatic carbocycles. The molecule has 0 bridgehead atoms. The van der Waals surface area contributed by atoms with Crippen LogP contribution in [0.1, 0.15) is 52.4 Å². The number of hydrogen-bond donors (Lipinski definition) is 2. The maximum atomic E-state index is 12.0. The smallest absolute Gasteiger partial charge is 0.187 e. The van der Waals surface area contributed by atoms with E-state index in [9.17, 15) is 9.59 Å². The molecule has 0 aliphatic heterocycles. The molecule has 0 spiro atoms. The van der Waals surface area contributed by atoms with Gasteiger partial charge in [0.05, 0.1) is 13.2 Å². The van der Waals surface area contributed by atoms with Gasteiger partial charge in [-0.05, 0) is 49.3 Å². The van der Waals surface area contributed by atoms with Gasteiger partial charge in [0.15, 0.2) is 11.6 Å². The summed E-state index contributed by atoms with van der Waals surface area (Å²) in [5.41, 5.74) is 1.13. The van der Waals surface area contributed by atoms with E-state index in [1.165, 1.54) is 12.2 Å². The van der Waals surface area contributed by atoms with E-state index in [0.29, 0.717) is 49.0 Å². The number of carbonyl (C=O) groups is 2. The average molecular weight is 499 g/mol. The maximum absolute atomic E-state index is 12.0. The fourth-order valence-electron chi connectivity index (χ4n) is 3.05. The van der Waals surface area contributed by atoms with Crippen molar-refractivity contribution in [3.63, 3.8) is 0 Å². The second kappa shape index (κ2) is 17.0. The summed E-state index contributed by atoms with van der Waals surface area (Å²) in [6, 6.07) is 0. The third-order valence-corrected chi connectivity index (χ3v) is 4.92. The van der Waals surface area contributed by atoms with Crippen LogP contribution in [0.15, 0.2) is 71.5 Å². The summed E-state index contributed by atoms with van der Waals surface area (Å²) in [6.45, 7) is 6.81. The normalized spacial score (nSPS) is 17.5. The molecule has 0 aromatic heterocycles. The Labute approximate surface area is 207 Å². The van der Waals surface area contributed by atoms with Crippen LogP contribution in [-0.2, 0) is 35.6 Å². The Morgan fingerprint density at radius 2 is 1.12 bits per heavy atom. The molecule has 2 N–H and O–H groups in total. The van der Waals surface area contributed by atoms with Gasteiger partial charge in [0, 0.05) is 53.1 Å². The third kappa shape index (κ3) is 11.2. The number of allylic oxidation sites excluding steroid dienone is 8. The predicted molar refractivity (Wildman–Crippen MR) is 128 cm³/mol. The van der Waals surface area contributed by atoms with Crippen LogP contribution in [0.3, 0.4) is 0 Å². The summed E-state index contributed by atoms with van der Waals surface area (Å²) in [5.74, 6) is 1.31. The zero-order chi connectivity index (χ0) is 23.0. The van der Waals surface area contributed by atoms with Crippen LogP contribution in [0.4, 0.5) is 0 Å². The van der Waals surface area contributed by atoms with E-state index in [-0.39, 0.29) is 28.1 Å². The van der Waals surface area contributed by atoms with Gasteiger partial charge in [0.2, 0.25) is 0 Å². The summed E-state index contributed by atoms with van der Waals surface area (Å²) in [4.78, 5) is 24.1. The van der Waals surface area contributed by atoms with Crippen LogP contribution >= 0.6 is 0 Å². The summed E-state index contributed by atoms with van der Waals surface area (Å²) in [6.07, 6.45) is 20.0. The number of carbonyl (C=O) groups excluding carboxylic acids is 2. The Hall–Kier alpha value is -2.53. The molecule has 33 heavy (non-hydrogen) atoms. The second-order valence-corrected chi connectivity index (χ2v) is 7.71. The quantitative estimate of drug-likeness (QED) is 0.198. The second-order valence-electron chi connectivity index (χ2n) is 7.71. The number of ether oxygens (including phenoxy) is 2. The van der Waals surface area contributed by atoms with Gasteiger partial charge in [-0.25, -0.2) is 0 Å². The van der Waals surface area contributed by atoms with Gasteiger partial charge in [-0.3, -0.25) is 9.59 Å². The van der Waals surface area contributed by atoms with Crippen molar-refractivity contribution in [3.8, 4) is 0 Å². The van der Waals surface area contributed by atoms with E-state index in [2.05, 4.69) is 24.5 Å². The Bertz CT molecular complexity index is 754. The van der Waals surface area contributed by atoms with E-state index in [0.717, 1.165) is 38.5 Å². The molecule has 2 rings (SSSR count). The van der Waals surface area contributed by atoms with Crippen molar-refractivity contribution in [2.75, 3.05) is 26.3 Å². The van der Waals surface area contributed by atoms with Gasteiger partial charge in [0.1, 0.15) is 11.5 Å². The van der Waals surface area contributed by atoms with Crippen LogP contribution in [0.5, 0.6) is 0 Å². The average Bonchev–Trinajstić information content (AvgIpc) is 2.80. The molecule has 0 atom stereocenters. The van der Waals surface area contributed by atoms with Gasteiger partial charge in [-0.2, -0.15) is 0 Å². The van der Waals surface area contributed by atoms with Crippen LogP contribution in [0.2, 0.25) is 0 Å². The molecule has 0 radical (unpaired) electrons. The SMILES string of the molecule is CCCCCOC1=CC(=CNCCNC=C2C=C(OCCCCC)C=CC2=O)C(=O)C=C1.[Ni]. The maximum Gasteiger partial charge on any atom is 0.187 e. The van der Waals surface area contributed by atoms with Crippen LogP contribution in [0, 0.1) is 0 Å². The van der Waals surface area contributed by atoms with E-state index in [4.69, 9.17) is 9.47 Å². The van der Waals surface area contributed by atoms with Crippen molar-refractivity contribution in [1.29, 1.82) is 0 Å². The van der Waals surface area contributed by atoms with Crippen molar-refractivity contribution in [2.45, 2.75) is 52.4 Å².